The van der Waals surface area contributed by atoms with Gasteiger partial charge in [0.25, 0.3) is 5.91 Å². The highest BCUT2D eigenvalue weighted by atomic mass is 19.2. The fourth-order valence-electron chi connectivity index (χ4n) is 4.18. The van der Waals surface area contributed by atoms with Gasteiger partial charge in [0.15, 0.2) is 11.6 Å². The van der Waals surface area contributed by atoms with E-state index in [-0.39, 0.29) is 22.8 Å². The number of amides is 2. The normalized spacial score (nSPS) is 18.8. The van der Waals surface area contributed by atoms with Crippen LogP contribution >= 0.6 is 0 Å². The molecular weight excluding hydrogens is 362 g/mol. The molecule has 2 aromatic carbocycles. The Morgan fingerprint density at radius 3 is 2.50 bits per heavy atom. The van der Waals surface area contributed by atoms with Gasteiger partial charge in [0.05, 0.1) is 0 Å². The fourth-order valence-corrected chi connectivity index (χ4v) is 4.18. The summed E-state index contributed by atoms with van der Waals surface area (Å²) in [5.41, 5.74) is 1.18. The van der Waals surface area contributed by atoms with Gasteiger partial charge in [0.2, 0.25) is 5.91 Å². The van der Waals surface area contributed by atoms with E-state index in [9.17, 15) is 18.4 Å². The van der Waals surface area contributed by atoms with Gasteiger partial charge in [0.1, 0.15) is 0 Å². The van der Waals surface area contributed by atoms with Crippen LogP contribution in [0.25, 0.3) is 11.1 Å². The number of likely N-dealkylation sites (tertiary alicyclic amines) is 1. The van der Waals surface area contributed by atoms with Crippen molar-refractivity contribution in [2.75, 3.05) is 19.6 Å². The van der Waals surface area contributed by atoms with Crippen LogP contribution in [-0.2, 0) is 4.79 Å². The Morgan fingerprint density at radius 1 is 1.04 bits per heavy atom. The third-order valence-corrected chi connectivity index (χ3v) is 6.03. The lowest BCUT2D eigenvalue weighted by Crippen LogP contribution is -2.50. The summed E-state index contributed by atoms with van der Waals surface area (Å²) in [5.74, 6) is -1.82. The molecule has 0 aliphatic carbocycles. The van der Waals surface area contributed by atoms with E-state index in [1.54, 1.807) is 24.3 Å². The van der Waals surface area contributed by atoms with E-state index in [0.717, 1.165) is 25.3 Å². The second-order valence-electron chi connectivity index (χ2n) is 7.75. The highest BCUT2D eigenvalue weighted by Crippen LogP contribution is 2.38. The summed E-state index contributed by atoms with van der Waals surface area (Å²) >= 11 is 0. The number of halogens is 2. The first-order valence-electron chi connectivity index (χ1n) is 9.58. The molecule has 146 valence electrons. The second-order valence-corrected chi connectivity index (χ2v) is 7.75. The van der Waals surface area contributed by atoms with Crippen LogP contribution in [-0.4, -0.2) is 36.3 Å². The Bertz CT molecular complexity index is 909. The molecule has 1 spiro atoms. The van der Waals surface area contributed by atoms with E-state index in [1.807, 2.05) is 4.90 Å². The molecule has 6 heteroatoms. The molecule has 2 aromatic rings. The summed E-state index contributed by atoms with van der Waals surface area (Å²) in [4.78, 5) is 26.2. The molecule has 1 N–H and O–H groups in total. The molecule has 0 aromatic heterocycles. The lowest BCUT2D eigenvalue weighted by molar-refractivity contribution is -0.125. The number of nitrogens with zero attached hydrogens (tertiary/aromatic N) is 1. The Kier molecular flexibility index (Phi) is 4.87. The van der Waals surface area contributed by atoms with Crippen molar-refractivity contribution >= 4 is 11.8 Å². The molecule has 0 radical (unpaired) electrons. The van der Waals surface area contributed by atoms with Crippen molar-refractivity contribution in [3.63, 3.8) is 0 Å². The zero-order valence-corrected chi connectivity index (χ0v) is 15.5. The monoisotopic (exact) mass is 384 g/mol. The predicted molar refractivity (Wildman–Crippen MR) is 102 cm³/mol. The van der Waals surface area contributed by atoms with Crippen molar-refractivity contribution < 1.29 is 18.4 Å². The van der Waals surface area contributed by atoms with Crippen molar-refractivity contribution in [2.45, 2.75) is 25.7 Å². The molecule has 4 nitrogen and oxygen atoms in total. The van der Waals surface area contributed by atoms with E-state index in [1.165, 1.54) is 12.1 Å². The average Bonchev–Trinajstić information content (AvgIpc) is 2.73. The van der Waals surface area contributed by atoms with Gasteiger partial charge >= 0.3 is 0 Å². The molecule has 2 heterocycles. The molecular formula is C22H22F2N2O2. The number of hydrogen-bond donors (Lipinski definition) is 1. The highest BCUT2D eigenvalue weighted by Gasteiger charge is 2.38. The highest BCUT2D eigenvalue weighted by molar-refractivity contribution is 5.95. The molecule has 2 aliphatic heterocycles. The Balaban J connectivity index is 1.49. The van der Waals surface area contributed by atoms with Gasteiger partial charge in [-0.15, -0.1) is 0 Å². The Hall–Kier alpha value is -2.76. The number of benzene rings is 2. The first kappa shape index (κ1) is 18.6. The minimum atomic E-state index is -0.911. The van der Waals surface area contributed by atoms with Gasteiger partial charge in [-0.3, -0.25) is 9.59 Å². The maximum Gasteiger partial charge on any atom is 0.253 e. The van der Waals surface area contributed by atoms with E-state index in [4.69, 9.17) is 0 Å². The number of nitrogens with one attached hydrogen (secondary N) is 1. The topological polar surface area (TPSA) is 49.4 Å². The minimum Gasteiger partial charge on any atom is -0.356 e. The molecule has 0 unspecified atom stereocenters. The van der Waals surface area contributed by atoms with Gasteiger partial charge in [-0.1, -0.05) is 24.3 Å². The number of rotatable bonds is 2. The minimum absolute atomic E-state index is 0.0945. The first-order chi connectivity index (χ1) is 13.5. The Morgan fingerprint density at radius 2 is 1.79 bits per heavy atom. The first-order valence-corrected chi connectivity index (χ1v) is 9.58. The van der Waals surface area contributed by atoms with Crippen LogP contribution in [0.2, 0.25) is 0 Å². The van der Waals surface area contributed by atoms with Crippen LogP contribution in [0.15, 0.2) is 42.5 Å². The van der Waals surface area contributed by atoms with Crippen molar-refractivity contribution in [1.29, 1.82) is 0 Å². The maximum absolute atomic E-state index is 14.1. The molecule has 2 aliphatic rings. The maximum atomic E-state index is 14.1. The van der Waals surface area contributed by atoms with Crippen LogP contribution in [0.3, 0.4) is 0 Å². The second kappa shape index (κ2) is 7.34. The number of carbonyl (C=O) groups excluding carboxylic acids is 2. The van der Waals surface area contributed by atoms with E-state index in [0.29, 0.717) is 37.2 Å². The predicted octanol–water partition coefficient (Wildman–Crippen LogP) is 3.76. The summed E-state index contributed by atoms with van der Waals surface area (Å²) in [6.45, 7) is 1.95. The van der Waals surface area contributed by atoms with Crippen LogP contribution in [0.4, 0.5) is 8.78 Å². The smallest absolute Gasteiger partial charge is 0.253 e. The van der Waals surface area contributed by atoms with Crippen molar-refractivity contribution in [3.8, 4) is 11.1 Å². The number of hydrogen-bond acceptors (Lipinski definition) is 2. The van der Waals surface area contributed by atoms with Gasteiger partial charge in [-0.2, -0.15) is 0 Å². The van der Waals surface area contributed by atoms with E-state index >= 15 is 0 Å². The van der Waals surface area contributed by atoms with Crippen LogP contribution < -0.4 is 5.32 Å². The average molecular weight is 384 g/mol. The molecule has 2 amide bonds. The van der Waals surface area contributed by atoms with Crippen LogP contribution in [0, 0.1) is 17.0 Å². The SMILES string of the molecule is O=C1CCC2(CCN(C(=O)c3cccc(-c4cccc(F)c4F)c3)CC2)CN1. The Labute approximate surface area is 162 Å². The molecule has 28 heavy (non-hydrogen) atoms. The standard InChI is InChI=1S/C22H22F2N2O2/c23-18-6-2-5-17(20(18)24)15-3-1-4-16(13-15)21(28)26-11-9-22(10-12-26)8-7-19(27)25-14-22/h1-6,13H,7-12,14H2,(H,25,27). The third-order valence-electron chi connectivity index (χ3n) is 6.03. The van der Waals surface area contributed by atoms with Crippen molar-refractivity contribution in [1.82, 2.24) is 10.2 Å². The summed E-state index contributed by atoms with van der Waals surface area (Å²) in [6.07, 6.45) is 3.14. The molecule has 2 fully saturated rings. The fraction of sp³-hybridized carbons (Fsp3) is 0.364. The molecule has 4 rings (SSSR count). The van der Waals surface area contributed by atoms with Crippen LogP contribution in [0.5, 0.6) is 0 Å². The quantitative estimate of drug-likeness (QED) is 0.857. The molecule has 2 saturated heterocycles. The van der Waals surface area contributed by atoms with E-state index in [2.05, 4.69) is 5.32 Å². The summed E-state index contributed by atoms with van der Waals surface area (Å²) in [6, 6.07) is 10.7. The molecule has 0 saturated carbocycles. The zero-order chi connectivity index (χ0) is 19.7. The van der Waals surface area contributed by atoms with Gasteiger partial charge in [-0.25, -0.2) is 8.78 Å². The van der Waals surface area contributed by atoms with E-state index < -0.39 is 11.6 Å². The zero-order valence-electron chi connectivity index (χ0n) is 15.5. The third kappa shape index (κ3) is 3.51. The van der Waals surface area contributed by atoms with Crippen molar-refractivity contribution in [2.24, 2.45) is 5.41 Å². The van der Waals surface area contributed by atoms with Gasteiger partial charge in [-0.05, 0) is 48.4 Å². The lowest BCUT2D eigenvalue weighted by Gasteiger charge is -2.44. The van der Waals surface area contributed by atoms with Gasteiger partial charge < -0.3 is 10.2 Å². The number of piperidine rings is 2. The lowest BCUT2D eigenvalue weighted by atomic mass is 9.73. The number of carbonyl (C=O) groups is 2. The summed E-state index contributed by atoms with van der Waals surface area (Å²) in [7, 11) is 0. The van der Waals surface area contributed by atoms with Gasteiger partial charge in [0, 0.05) is 37.2 Å². The molecule has 0 atom stereocenters. The summed E-state index contributed by atoms with van der Waals surface area (Å²) in [5, 5.41) is 2.95. The summed E-state index contributed by atoms with van der Waals surface area (Å²) < 4.78 is 27.6. The largest absolute Gasteiger partial charge is 0.356 e. The van der Waals surface area contributed by atoms with Crippen molar-refractivity contribution in [3.05, 3.63) is 59.7 Å². The van der Waals surface area contributed by atoms with Crippen LogP contribution in [0.1, 0.15) is 36.0 Å². The molecule has 0 bridgehead atoms.